The molecule has 0 spiro atoms. The van der Waals surface area contributed by atoms with Crippen molar-refractivity contribution in [2.24, 2.45) is 0 Å². The summed E-state index contributed by atoms with van der Waals surface area (Å²) in [5.41, 5.74) is 1.85. The Morgan fingerprint density at radius 3 is 2.47 bits per heavy atom. The van der Waals surface area contributed by atoms with Crippen molar-refractivity contribution >= 4 is 31.6 Å². The molecule has 5 nitrogen and oxygen atoms in total. The van der Waals surface area contributed by atoms with Crippen LogP contribution in [0.1, 0.15) is 17.0 Å². The van der Waals surface area contributed by atoms with Gasteiger partial charge >= 0.3 is 0 Å². The predicted octanol–water partition coefficient (Wildman–Crippen LogP) is 3.16. The Balaban J connectivity index is 2.42. The summed E-state index contributed by atoms with van der Waals surface area (Å²) in [5, 5.41) is 3.65. The van der Waals surface area contributed by atoms with E-state index >= 15 is 0 Å². The first kappa shape index (κ1) is 14.1. The summed E-state index contributed by atoms with van der Waals surface area (Å²) in [4.78, 5) is 0.0833. The third-order valence-corrected chi connectivity index (χ3v) is 4.87. The molecule has 0 saturated heterocycles. The first-order chi connectivity index (χ1) is 8.81. The predicted molar refractivity (Wildman–Crippen MR) is 75.7 cm³/mol. The third kappa shape index (κ3) is 2.82. The van der Waals surface area contributed by atoms with Gasteiger partial charge in [-0.05, 0) is 54.4 Å². The first-order valence-electron chi connectivity index (χ1n) is 5.53. The lowest BCUT2D eigenvalue weighted by molar-refractivity contribution is 0.390. The van der Waals surface area contributed by atoms with E-state index in [2.05, 4.69) is 25.8 Å². The molecule has 0 aliphatic rings. The van der Waals surface area contributed by atoms with Gasteiger partial charge in [-0.25, -0.2) is 8.42 Å². The van der Waals surface area contributed by atoms with E-state index in [9.17, 15) is 8.42 Å². The van der Waals surface area contributed by atoms with Crippen molar-refractivity contribution in [3.05, 3.63) is 39.7 Å². The number of sulfonamides is 1. The Labute approximate surface area is 120 Å². The third-order valence-electron chi connectivity index (χ3n) is 2.61. The van der Waals surface area contributed by atoms with Crippen LogP contribution < -0.4 is 4.72 Å². The maximum absolute atomic E-state index is 12.3. The van der Waals surface area contributed by atoms with Gasteiger partial charge in [0.15, 0.2) is 10.7 Å². The first-order valence-corrected chi connectivity index (χ1v) is 7.81. The van der Waals surface area contributed by atoms with E-state index in [1.165, 1.54) is 0 Å². The van der Waals surface area contributed by atoms with Gasteiger partial charge in [-0.1, -0.05) is 11.2 Å². The molecule has 0 unspecified atom stereocenters. The van der Waals surface area contributed by atoms with E-state index in [0.29, 0.717) is 15.9 Å². The summed E-state index contributed by atoms with van der Waals surface area (Å²) >= 11 is 3.33. The summed E-state index contributed by atoms with van der Waals surface area (Å²) in [6.07, 6.45) is 0. The normalized spacial score (nSPS) is 11.6. The van der Waals surface area contributed by atoms with Crippen molar-refractivity contribution < 1.29 is 12.9 Å². The Morgan fingerprint density at radius 2 is 1.95 bits per heavy atom. The molecule has 102 valence electrons. The molecule has 0 radical (unpaired) electrons. The van der Waals surface area contributed by atoms with Crippen LogP contribution in [0.15, 0.2) is 32.1 Å². The highest BCUT2D eigenvalue weighted by atomic mass is 79.9. The lowest BCUT2D eigenvalue weighted by Gasteiger charge is -2.09. The van der Waals surface area contributed by atoms with Gasteiger partial charge in [-0.15, -0.1) is 0 Å². The highest BCUT2D eigenvalue weighted by molar-refractivity contribution is 9.10. The van der Waals surface area contributed by atoms with Gasteiger partial charge in [0.1, 0.15) is 5.69 Å². The van der Waals surface area contributed by atoms with Crippen molar-refractivity contribution in [3.8, 4) is 0 Å². The summed E-state index contributed by atoms with van der Waals surface area (Å²) < 4.78 is 32.7. The summed E-state index contributed by atoms with van der Waals surface area (Å²) in [7, 11) is -3.70. The molecule has 0 aliphatic heterocycles. The molecule has 0 fully saturated rings. The number of hydrogen-bond acceptors (Lipinski definition) is 4. The summed E-state index contributed by atoms with van der Waals surface area (Å²) in [6.45, 7) is 5.09. The molecule has 1 aromatic heterocycles. The Kier molecular flexibility index (Phi) is 3.69. The number of nitrogens with zero attached hydrogens (tertiary/aromatic N) is 1. The van der Waals surface area contributed by atoms with E-state index < -0.39 is 10.0 Å². The number of aromatic nitrogens is 1. The van der Waals surface area contributed by atoms with Gasteiger partial charge < -0.3 is 4.52 Å². The zero-order chi connectivity index (χ0) is 14.2. The standard InChI is InChI=1S/C12H13BrN2O3S/c1-7-4-5-11(10(13)6-7)15-19(16,17)12-8(2)14-18-9(12)3/h4-6,15H,1-3H3. The molecule has 1 heterocycles. The Morgan fingerprint density at radius 1 is 1.26 bits per heavy atom. The van der Waals surface area contributed by atoms with Gasteiger partial charge in [0.05, 0.1) is 5.69 Å². The van der Waals surface area contributed by atoms with Crippen LogP contribution in [0.3, 0.4) is 0 Å². The van der Waals surface area contributed by atoms with E-state index in [4.69, 9.17) is 4.52 Å². The number of halogens is 1. The number of benzene rings is 1. The molecule has 19 heavy (non-hydrogen) atoms. The second kappa shape index (κ2) is 4.97. The van der Waals surface area contributed by atoms with E-state index in [0.717, 1.165) is 5.56 Å². The van der Waals surface area contributed by atoms with Crippen molar-refractivity contribution in [2.45, 2.75) is 25.7 Å². The minimum Gasteiger partial charge on any atom is -0.360 e. The molecule has 7 heteroatoms. The van der Waals surface area contributed by atoms with Gasteiger partial charge in [-0.2, -0.15) is 0 Å². The maximum atomic E-state index is 12.3. The van der Waals surface area contributed by atoms with Gasteiger partial charge in [-0.3, -0.25) is 4.72 Å². The van der Waals surface area contributed by atoms with Gasteiger partial charge in [0.2, 0.25) is 0 Å². The number of nitrogens with one attached hydrogen (secondary N) is 1. The number of aryl methyl sites for hydroxylation is 3. The Hall–Kier alpha value is -1.34. The zero-order valence-electron chi connectivity index (χ0n) is 10.7. The lowest BCUT2D eigenvalue weighted by Crippen LogP contribution is -2.14. The van der Waals surface area contributed by atoms with Crippen LogP contribution in [0.4, 0.5) is 5.69 Å². The SMILES string of the molecule is Cc1ccc(NS(=O)(=O)c2c(C)noc2C)c(Br)c1. The number of anilines is 1. The smallest absolute Gasteiger partial charge is 0.267 e. The van der Waals surface area contributed by atoms with Crippen LogP contribution in [0, 0.1) is 20.8 Å². The van der Waals surface area contributed by atoms with Crippen molar-refractivity contribution in [2.75, 3.05) is 4.72 Å². The van der Waals surface area contributed by atoms with Gasteiger partial charge in [0, 0.05) is 4.47 Å². The van der Waals surface area contributed by atoms with E-state index in [1.54, 1.807) is 19.9 Å². The monoisotopic (exact) mass is 344 g/mol. The summed E-state index contributed by atoms with van der Waals surface area (Å²) in [6, 6.07) is 5.37. The number of hydrogen-bond donors (Lipinski definition) is 1. The van der Waals surface area contributed by atoms with Crippen LogP contribution in [-0.4, -0.2) is 13.6 Å². The molecule has 1 N–H and O–H groups in total. The second-order valence-corrected chi connectivity index (χ2v) is 6.72. The topological polar surface area (TPSA) is 72.2 Å². The minimum absolute atomic E-state index is 0.0833. The van der Waals surface area contributed by atoms with E-state index in [1.807, 2.05) is 19.1 Å². The average Bonchev–Trinajstić information content (AvgIpc) is 2.63. The van der Waals surface area contributed by atoms with Crippen LogP contribution in [0.25, 0.3) is 0 Å². The molecule has 0 atom stereocenters. The fraction of sp³-hybridized carbons (Fsp3) is 0.250. The van der Waals surface area contributed by atoms with Crippen LogP contribution in [0.5, 0.6) is 0 Å². The molecular weight excluding hydrogens is 332 g/mol. The second-order valence-electron chi connectivity index (χ2n) is 4.24. The average molecular weight is 345 g/mol. The zero-order valence-corrected chi connectivity index (χ0v) is 13.1. The summed E-state index contributed by atoms with van der Waals surface area (Å²) in [5.74, 6) is 0.272. The Bertz CT molecular complexity index is 703. The van der Waals surface area contributed by atoms with Crippen LogP contribution in [0.2, 0.25) is 0 Å². The van der Waals surface area contributed by atoms with Crippen LogP contribution in [-0.2, 0) is 10.0 Å². The van der Waals surface area contributed by atoms with Crippen molar-refractivity contribution in [1.82, 2.24) is 5.16 Å². The van der Waals surface area contributed by atoms with Crippen LogP contribution >= 0.6 is 15.9 Å². The molecule has 0 amide bonds. The maximum Gasteiger partial charge on any atom is 0.267 e. The quantitative estimate of drug-likeness (QED) is 0.928. The molecule has 2 rings (SSSR count). The molecule has 2 aromatic rings. The molecule has 0 saturated carbocycles. The lowest BCUT2D eigenvalue weighted by atomic mass is 10.2. The highest BCUT2D eigenvalue weighted by Crippen LogP contribution is 2.27. The molecule has 0 aliphatic carbocycles. The molecule has 0 bridgehead atoms. The minimum atomic E-state index is -3.70. The van der Waals surface area contributed by atoms with E-state index in [-0.39, 0.29) is 10.7 Å². The van der Waals surface area contributed by atoms with Gasteiger partial charge in [0.25, 0.3) is 10.0 Å². The fourth-order valence-electron chi connectivity index (χ4n) is 1.76. The van der Waals surface area contributed by atoms with Crippen molar-refractivity contribution in [3.63, 3.8) is 0 Å². The van der Waals surface area contributed by atoms with Crippen molar-refractivity contribution in [1.29, 1.82) is 0 Å². The highest BCUT2D eigenvalue weighted by Gasteiger charge is 2.24. The fourth-order valence-corrected chi connectivity index (χ4v) is 3.89. The molecule has 1 aromatic carbocycles. The largest absolute Gasteiger partial charge is 0.360 e. The number of rotatable bonds is 3. The molecular formula is C12H13BrN2O3S.